The summed E-state index contributed by atoms with van der Waals surface area (Å²) in [6.07, 6.45) is -7.79. The van der Waals surface area contributed by atoms with E-state index in [1.807, 2.05) is 6.07 Å². The highest BCUT2D eigenvalue weighted by Crippen LogP contribution is 2.34. The Labute approximate surface area is 185 Å². The van der Waals surface area contributed by atoms with Gasteiger partial charge in [-0.1, -0.05) is 11.8 Å². The van der Waals surface area contributed by atoms with Gasteiger partial charge in [-0.3, -0.25) is 4.79 Å². The number of carbonyl (C=O) groups excluding carboxylic acids is 1. The lowest BCUT2D eigenvalue weighted by Crippen LogP contribution is -2.31. The van der Waals surface area contributed by atoms with Crippen LogP contribution in [0.4, 0.5) is 26.3 Å². The van der Waals surface area contributed by atoms with E-state index in [1.54, 1.807) is 0 Å². The van der Waals surface area contributed by atoms with Gasteiger partial charge in [-0.15, -0.1) is 26.3 Å². The summed E-state index contributed by atoms with van der Waals surface area (Å²) < 4.78 is 83.9. The zero-order valence-electron chi connectivity index (χ0n) is 16.2. The van der Waals surface area contributed by atoms with Crippen LogP contribution in [-0.4, -0.2) is 33.4 Å². The second-order valence-electron chi connectivity index (χ2n) is 6.30. The Morgan fingerprint density at radius 2 is 1.82 bits per heavy atom. The number of benzene rings is 1. The molecule has 1 unspecified atom stereocenters. The predicted molar refractivity (Wildman–Crippen MR) is 99.2 cm³/mol. The summed E-state index contributed by atoms with van der Waals surface area (Å²) >= 11 is 1.12. The van der Waals surface area contributed by atoms with Gasteiger partial charge in [0.2, 0.25) is 0 Å². The quantitative estimate of drug-likeness (QED) is 0.585. The van der Waals surface area contributed by atoms with E-state index in [1.165, 1.54) is 24.1 Å². The Morgan fingerprint density at radius 3 is 2.33 bits per heavy atom. The Balaban J connectivity index is 1.81. The van der Waals surface area contributed by atoms with Crippen molar-refractivity contribution in [2.75, 3.05) is 0 Å². The van der Waals surface area contributed by atoms with Crippen molar-refractivity contribution in [2.45, 2.75) is 31.2 Å². The maximum absolute atomic E-state index is 12.6. The van der Waals surface area contributed by atoms with Crippen molar-refractivity contribution in [3.8, 4) is 17.6 Å². The SMILES string of the molecule is C[C@H](NC(=O)c1cc(OC(F)(F)F)cc(OC(F)(F)F)c1)c1ncnn1C1NC=C(C#N)S1. The minimum Gasteiger partial charge on any atom is -0.406 e. The molecule has 0 saturated heterocycles. The van der Waals surface area contributed by atoms with Crippen LogP contribution in [-0.2, 0) is 0 Å². The number of halogens is 6. The molecule has 2 heterocycles. The maximum Gasteiger partial charge on any atom is 0.573 e. The molecule has 9 nitrogen and oxygen atoms in total. The van der Waals surface area contributed by atoms with Gasteiger partial charge in [0.15, 0.2) is 11.3 Å². The average Bonchev–Trinajstić information content (AvgIpc) is 3.34. The molecule has 0 saturated carbocycles. The van der Waals surface area contributed by atoms with E-state index in [0.29, 0.717) is 23.1 Å². The summed E-state index contributed by atoms with van der Waals surface area (Å²) in [6.45, 7) is 1.47. The fraction of sp³-hybridized carbons (Fsp3) is 0.294. The van der Waals surface area contributed by atoms with E-state index < -0.39 is 47.2 Å². The van der Waals surface area contributed by atoms with Gasteiger partial charge < -0.3 is 20.1 Å². The van der Waals surface area contributed by atoms with Gasteiger partial charge in [-0.05, 0) is 19.1 Å². The van der Waals surface area contributed by atoms with Crippen LogP contribution in [0.2, 0.25) is 0 Å². The smallest absolute Gasteiger partial charge is 0.406 e. The van der Waals surface area contributed by atoms with E-state index in [0.717, 1.165) is 11.8 Å². The van der Waals surface area contributed by atoms with Crippen LogP contribution in [0.15, 0.2) is 35.6 Å². The van der Waals surface area contributed by atoms with Gasteiger partial charge in [0.1, 0.15) is 28.8 Å². The number of aromatic nitrogens is 3. The molecule has 2 aromatic rings. The Kier molecular flexibility index (Phi) is 6.63. The minimum atomic E-state index is -5.21. The first kappa shape index (κ1) is 24.0. The number of hydrogen-bond donors (Lipinski definition) is 2. The first-order valence-electron chi connectivity index (χ1n) is 8.74. The molecule has 0 bridgehead atoms. The number of nitrogens with one attached hydrogen (secondary N) is 2. The number of rotatable bonds is 6. The molecule has 0 aliphatic carbocycles. The highest BCUT2D eigenvalue weighted by Gasteiger charge is 2.34. The summed E-state index contributed by atoms with van der Waals surface area (Å²) in [7, 11) is 0. The zero-order chi connectivity index (χ0) is 24.4. The lowest BCUT2D eigenvalue weighted by atomic mass is 10.1. The third kappa shape index (κ3) is 6.44. The summed E-state index contributed by atoms with van der Waals surface area (Å²) in [6, 6.07) is 2.64. The van der Waals surface area contributed by atoms with Crippen LogP contribution in [0.5, 0.6) is 11.5 Å². The summed E-state index contributed by atoms with van der Waals surface area (Å²) in [5, 5.41) is 18.3. The molecule has 1 aliphatic heterocycles. The third-order valence-corrected chi connectivity index (χ3v) is 4.90. The fourth-order valence-corrected chi connectivity index (χ4v) is 3.52. The van der Waals surface area contributed by atoms with Crippen molar-refractivity contribution in [3.05, 3.63) is 47.0 Å². The number of amides is 1. The van der Waals surface area contributed by atoms with E-state index in [9.17, 15) is 31.1 Å². The molecule has 0 radical (unpaired) electrons. The Bertz CT molecular complexity index is 1080. The first-order chi connectivity index (χ1) is 15.3. The van der Waals surface area contributed by atoms with Gasteiger partial charge in [-0.25, -0.2) is 9.67 Å². The number of ether oxygens (including phenoxy) is 2. The normalized spacial score (nSPS) is 16.9. The second kappa shape index (κ2) is 9.10. The minimum absolute atomic E-state index is 0.204. The maximum atomic E-state index is 12.6. The zero-order valence-corrected chi connectivity index (χ0v) is 17.0. The number of nitrogens with zero attached hydrogens (tertiary/aromatic N) is 4. The van der Waals surface area contributed by atoms with Crippen molar-refractivity contribution in [3.63, 3.8) is 0 Å². The van der Waals surface area contributed by atoms with Crippen molar-refractivity contribution in [2.24, 2.45) is 0 Å². The van der Waals surface area contributed by atoms with Gasteiger partial charge in [-0.2, -0.15) is 10.4 Å². The first-order valence-corrected chi connectivity index (χ1v) is 9.62. The van der Waals surface area contributed by atoms with Crippen LogP contribution in [0, 0.1) is 11.3 Å². The lowest BCUT2D eigenvalue weighted by molar-refractivity contribution is -0.276. The molecule has 2 atom stereocenters. The van der Waals surface area contributed by atoms with Crippen LogP contribution >= 0.6 is 11.8 Å². The topological polar surface area (TPSA) is 114 Å². The van der Waals surface area contributed by atoms with E-state index in [4.69, 9.17) is 5.26 Å². The van der Waals surface area contributed by atoms with Gasteiger partial charge in [0.05, 0.1) is 6.04 Å². The molecule has 0 fully saturated rings. The Morgan fingerprint density at radius 1 is 1.21 bits per heavy atom. The highest BCUT2D eigenvalue weighted by molar-refractivity contribution is 8.03. The lowest BCUT2D eigenvalue weighted by Gasteiger charge is -2.19. The summed E-state index contributed by atoms with van der Waals surface area (Å²) in [4.78, 5) is 17.0. The number of allylic oxidation sites excluding steroid dienone is 1. The van der Waals surface area contributed by atoms with Gasteiger partial charge >= 0.3 is 12.7 Å². The van der Waals surface area contributed by atoms with Gasteiger partial charge in [0.25, 0.3) is 5.91 Å². The molecule has 0 spiro atoms. The number of alkyl halides is 6. The molecular weight excluding hydrogens is 482 g/mol. The number of nitriles is 1. The van der Waals surface area contributed by atoms with Crippen LogP contribution in [0.25, 0.3) is 0 Å². The predicted octanol–water partition coefficient (Wildman–Crippen LogP) is 3.72. The Hall–Kier alpha value is -3.61. The molecule has 16 heteroatoms. The van der Waals surface area contributed by atoms with Gasteiger partial charge in [0, 0.05) is 17.8 Å². The average molecular weight is 494 g/mol. The molecule has 2 N–H and O–H groups in total. The highest BCUT2D eigenvalue weighted by atomic mass is 32.2. The van der Waals surface area contributed by atoms with Crippen LogP contribution < -0.4 is 20.1 Å². The van der Waals surface area contributed by atoms with Crippen molar-refractivity contribution >= 4 is 17.7 Å². The molecule has 1 aliphatic rings. The van der Waals surface area contributed by atoms with E-state index in [2.05, 4.69) is 30.2 Å². The molecule has 1 aromatic carbocycles. The molecule has 3 rings (SSSR count). The number of hydrogen-bond acceptors (Lipinski definition) is 8. The standard InChI is InChI=1S/C17H12F6N6O3S/c1-8(13-26-7-27-29(13)15-25-6-12(5-24)33-15)28-14(30)9-2-10(31-16(18,19)20)4-11(3-9)32-17(21,22)23/h2-4,6-8,15,25H,1H3,(H,28,30)/t8-,15?/m0/s1. The molecule has 33 heavy (non-hydrogen) atoms. The van der Waals surface area contributed by atoms with Crippen LogP contribution in [0.1, 0.15) is 34.6 Å². The third-order valence-electron chi connectivity index (χ3n) is 3.87. The van der Waals surface area contributed by atoms with E-state index >= 15 is 0 Å². The number of carbonyl (C=O) groups is 1. The monoisotopic (exact) mass is 494 g/mol. The summed E-state index contributed by atoms with van der Waals surface area (Å²) in [5.41, 5.74) is -1.14. The largest absolute Gasteiger partial charge is 0.573 e. The number of thioether (sulfide) groups is 1. The van der Waals surface area contributed by atoms with Crippen molar-refractivity contribution in [1.29, 1.82) is 5.26 Å². The van der Waals surface area contributed by atoms with Crippen LogP contribution in [0.3, 0.4) is 0 Å². The fourth-order valence-electron chi connectivity index (χ4n) is 2.70. The molecule has 1 amide bonds. The second-order valence-corrected chi connectivity index (χ2v) is 7.43. The molecule has 176 valence electrons. The van der Waals surface area contributed by atoms with E-state index in [-0.39, 0.29) is 5.82 Å². The molecular formula is C17H12F6N6O3S. The molecule has 1 aromatic heterocycles. The van der Waals surface area contributed by atoms with Crippen molar-refractivity contribution < 1.29 is 40.6 Å². The van der Waals surface area contributed by atoms with Crippen molar-refractivity contribution in [1.82, 2.24) is 25.4 Å². The summed E-state index contributed by atoms with van der Waals surface area (Å²) in [5.74, 6) is -2.98.